The van der Waals surface area contributed by atoms with Gasteiger partial charge in [-0.15, -0.1) is 0 Å². The van der Waals surface area contributed by atoms with Crippen LogP contribution in [0.5, 0.6) is 0 Å². The molecule has 1 aliphatic rings. The maximum atomic E-state index is 12.9. The van der Waals surface area contributed by atoms with Crippen LogP contribution in [0.2, 0.25) is 0 Å². The molecule has 0 aliphatic heterocycles. The lowest BCUT2D eigenvalue weighted by Gasteiger charge is -2.33. The van der Waals surface area contributed by atoms with E-state index in [-0.39, 0.29) is 32.1 Å². The number of ether oxygens (including phenoxy) is 2. The fourth-order valence-electron chi connectivity index (χ4n) is 4.15. The van der Waals surface area contributed by atoms with Crippen molar-refractivity contribution in [2.75, 3.05) is 26.9 Å². The molecule has 2 amide bonds. The lowest BCUT2D eigenvalue weighted by Crippen LogP contribution is -2.60. The standard InChI is InChI=1S/C26H32N2O6/c1-5-26(16-33-4,23(30)31)28-22(29)25(2,3)15-27-24(32)34-14-21-19-12-8-6-10-17(19)18-11-7-9-13-20(18)21/h6-13,21H,5,14-16H2,1-4H3,(H,27,32)(H,28,29)(H,30,31). The van der Waals surface area contributed by atoms with E-state index in [1.807, 2.05) is 36.4 Å². The Morgan fingerprint density at radius 1 is 1.00 bits per heavy atom. The molecule has 0 heterocycles. The van der Waals surface area contributed by atoms with Crippen molar-refractivity contribution in [1.82, 2.24) is 10.6 Å². The molecule has 3 N–H and O–H groups in total. The molecule has 1 unspecified atom stereocenters. The van der Waals surface area contributed by atoms with Crippen molar-refractivity contribution in [2.24, 2.45) is 5.41 Å². The zero-order valence-corrected chi connectivity index (χ0v) is 20.0. The SMILES string of the molecule is CCC(COC)(NC(=O)C(C)(C)CNC(=O)OCC1c2ccccc2-c2ccccc21)C(=O)O. The van der Waals surface area contributed by atoms with Crippen molar-refractivity contribution >= 4 is 18.0 Å². The Bertz CT molecular complexity index is 1020. The number of hydrogen-bond donors (Lipinski definition) is 3. The van der Waals surface area contributed by atoms with Crippen LogP contribution in [0.25, 0.3) is 11.1 Å². The van der Waals surface area contributed by atoms with Crippen LogP contribution in [0, 0.1) is 5.41 Å². The van der Waals surface area contributed by atoms with E-state index < -0.39 is 28.9 Å². The zero-order valence-electron chi connectivity index (χ0n) is 20.0. The molecule has 3 rings (SSSR count). The van der Waals surface area contributed by atoms with Gasteiger partial charge in [-0.05, 0) is 42.5 Å². The normalized spacial score (nSPS) is 14.5. The van der Waals surface area contributed by atoms with E-state index >= 15 is 0 Å². The van der Waals surface area contributed by atoms with Crippen LogP contribution in [-0.2, 0) is 19.1 Å². The summed E-state index contributed by atoms with van der Waals surface area (Å²) in [5.41, 5.74) is 1.89. The van der Waals surface area contributed by atoms with Crippen molar-refractivity contribution in [3.8, 4) is 11.1 Å². The molecule has 0 radical (unpaired) electrons. The van der Waals surface area contributed by atoms with E-state index in [1.165, 1.54) is 7.11 Å². The molecular weight excluding hydrogens is 436 g/mol. The largest absolute Gasteiger partial charge is 0.479 e. The van der Waals surface area contributed by atoms with Gasteiger partial charge in [0, 0.05) is 19.6 Å². The Morgan fingerprint density at radius 2 is 1.56 bits per heavy atom. The van der Waals surface area contributed by atoms with E-state index in [4.69, 9.17) is 9.47 Å². The molecule has 2 aromatic carbocycles. The summed E-state index contributed by atoms with van der Waals surface area (Å²) in [7, 11) is 1.38. The number of nitrogens with one attached hydrogen (secondary N) is 2. The highest BCUT2D eigenvalue weighted by Gasteiger charge is 2.42. The van der Waals surface area contributed by atoms with Gasteiger partial charge in [-0.3, -0.25) is 4.79 Å². The number of rotatable bonds is 10. The van der Waals surface area contributed by atoms with Gasteiger partial charge in [-0.1, -0.05) is 55.5 Å². The number of carbonyl (C=O) groups excluding carboxylic acids is 2. The Hall–Kier alpha value is -3.39. The average molecular weight is 469 g/mol. The van der Waals surface area contributed by atoms with Gasteiger partial charge in [0.05, 0.1) is 12.0 Å². The smallest absolute Gasteiger partial charge is 0.407 e. The van der Waals surface area contributed by atoms with Crippen LogP contribution in [0.15, 0.2) is 48.5 Å². The molecule has 0 saturated carbocycles. The van der Waals surface area contributed by atoms with E-state index in [0.717, 1.165) is 22.3 Å². The summed E-state index contributed by atoms with van der Waals surface area (Å²) < 4.78 is 10.5. The Kier molecular flexibility index (Phi) is 7.61. The van der Waals surface area contributed by atoms with Crippen LogP contribution in [-0.4, -0.2) is 55.5 Å². The van der Waals surface area contributed by atoms with Gasteiger partial charge in [0.15, 0.2) is 5.54 Å². The highest BCUT2D eigenvalue weighted by Crippen LogP contribution is 2.44. The number of hydrogen-bond acceptors (Lipinski definition) is 5. The summed E-state index contributed by atoms with van der Waals surface area (Å²) >= 11 is 0. The maximum Gasteiger partial charge on any atom is 0.407 e. The second-order valence-electron chi connectivity index (χ2n) is 9.19. The minimum absolute atomic E-state index is 0.0259. The molecule has 0 fully saturated rings. The molecule has 0 bridgehead atoms. The van der Waals surface area contributed by atoms with Crippen molar-refractivity contribution in [2.45, 2.75) is 38.6 Å². The summed E-state index contributed by atoms with van der Waals surface area (Å²) in [6.07, 6.45) is -0.489. The molecular formula is C26H32N2O6. The molecule has 1 atom stereocenters. The summed E-state index contributed by atoms with van der Waals surface area (Å²) in [6.45, 7) is 4.89. The predicted molar refractivity (Wildman–Crippen MR) is 128 cm³/mol. The maximum absolute atomic E-state index is 12.9. The van der Waals surface area contributed by atoms with E-state index in [1.54, 1.807) is 20.8 Å². The Morgan fingerprint density at radius 3 is 2.06 bits per heavy atom. The number of fused-ring (bicyclic) bond motifs is 3. The number of carboxylic acids is 1. The number of aliphatic carboxylic acids is 1. The second kappa shape index (κ2) is 10.3. The van der Waals surface area contributed by atoms with Gasteiger partial charge in [0.1, 0.15) is 6.61 Å². The highest BCUT2D eigenvalue weighted by molar-refractivity contribution is 5.90. The van der Waals surface area contributed by atoms with Crippen LogP contribution in [0.3, 0.4) is 0 Å². The quantitative estimate of drug-likeness (QED) is 0.491. The van der Waals surface area contributed by atoms with Crippen LogP contribution in [0.1, 0.15) is 44.2 Å². The molecule has 1 aliphatic carbocycles. The van der Waals surface area contributed by atoms with Crippen LogP contribution >= 0.6 is 0 Å². The van der Waals surface area contributed by atoms with Crippen molar-refractivity contribution in [1.29, 1.82) is 0 Å². The minimum atomic E-state index is -1.53. The van der Waals surface area contributed by atoms with Crippen LogP contribution < -0.4 is 10.6 Å². The second-order valence-corrected chi connectivity index (χ2v) is 9.19. The number of benzene rings is 2. The monoisotopic (exact) mass is 468 g/mol. The third-order valence-electron chi connectivity index (χ3n) is 6.39. The summed E-state index contributed by atoms with van der Waals surface area (Å²) in [6, 6.07) is 16.1. The molecule has 182 valence electrons. The number of methoxy groups -OCH3 is 1. The summed E-state index contributed by atoms with van der Waals surface area (Å²) in [4.78, 5) is 37.1. The van der Waals surface area contributed by atoms with Gasteiger partial charge in [-0.2, -0.15) is 0 Å². The molecule has 2 aromatic rings. The molecule has 8 heteroatoms. The molecule has 34 heavy (non-hydrogen) atoms. The van der Waals surface area contributed by atoms with Gasteiger partial charge < -0.3 is 25.2 Å². The molecule has 0 aromatic heterocycles. The van der Waals surface area contributed by atoms with Crippen molar-refractivity contribution < 1.29 is 29.0 Å². The van der Waals surface area contributed by atoms with Crippen LogP contribution in [0.4, 0.5) is 4.79 Å². The molecule has 0 saturated heterocycles. The van der Waals surface area contributed by atoms with Gasteiger partial charge in [0.25, 0.3) is 0 Å². The fraction of sp³-hybridized carbons (Fsp3) is 0.423. The Balaban J connectivity index is 1.59. The van der Waals surface area contributed by atoms with Crippen molar-refractivity contribution in [3.05, 3.63) is 59.7 Å². The number of carboxylic acid groups (broad SMARTS) is 1. The fourth-order valence-corrected chi connectivity index (χ4v) is 4.15. The lowest BCUT2D eigenvalue weighted by atomic mass is 9.89. The lowest BCUT2D eigenvalue weighted by molar-refractivity contribution is -0.152. The third-order valence-corrected chi connectivity index (χ3v) is 6.39. The number of amides is 2. The zero-order chi connectivity index (χ0) is 24.9. The summed E-state index contributed by atoms with van der Waals surface area (Å²) in [5, 5.41) is 14.8. The Labute approximate surface area is 199 Å². The van der Waals surface area contributed by atoms with Gasteiger partial charge in [-0.25, -0.2) is 9.59 Å². The number of alkyl carbamates (subject to hydrolysis) is 1. The first-order valence-corrected chi connectivity index (χ1v) is 11.3. The first kappa shape index (κ1) is 25.2. The topological polar surface area (TPSA) is 114 Å². The number of carbonyl (C=O) groups is 3. The average Bonchev–Trinajstić information content (AvgIpc) is 3.14. The first-order chi connectivity index (χ1) is 16.1. The van der Waals surface area contributed by atoms with E-state index in [0.29, 0.717) is 0 Å². The van der Waals surface area contributed by atoms with Gasteiger partial charge >= 0.3 is 12.1 Å². The summed E-state index contributed by atoms with van der Waals surface area (Å²) in [5.74, 6) is -1.75. The predicted octanol–water partition coefficient (Wildman–Crippen LogP) is 3.55. The molecule has 8 nitrogen and oxygen atoms in total. The third kappa shape index (κ3) is 5.07. The molecule has 0 spiro atoms. The van der Waals surface area contributed by atoms with Crippen molar-refractivity contribution in [3.63, 3.8) is 0 Å². The first-order valence-electron chi connectivity index (χ1n) is 11.3. The van der Waals surface area contributed by atoms with Gasteiger partial charge in [0.2, 0.25) is 5.91 Å². The van der Waals surface area contributed by atoms with E-state index in [9.17, 15) is 19.5 Å². The van der Waals surface area contributed by atoms with E-state index in [2.05, 4.69) is 22.8 Å². The minimum Gasteiger partial charge on any atom is -0.479 e. The highest BCUT2D eigenvalue weighted by atomic mass is 16.5.